The van der Waals surface area contributed by atoms with Gasteiger partial charge in [0.1, 0.15) is 17.3 Å². The second-order valence-electron chi connectivity index (χ2n) is 5.69. The van der Waals surface area contributed by atoms with Gasteiger partial charge in [-0.1, -0.05) is 13.0 Å². The molecule has 0 saturated carbocycles. The van der Waals surface area contributed by atoms with Gasteiger partial charge in [-0.25, -0.2) is 4.98 Å². The number of ether oxygens (including phenoxy) is 1. The molecule has 0 unspecified atom stereocenters. The first-order valence-corrected chi connectivity index (χ1v) is 8.18. The highest BCUT2D eigenvalue weighted by Crippen LogP contribution is 2.20. The Morgan fingerprint density at radius 1 is 1.48 bits per heavy atom. The van der Waals surface area contributed by atoms with Crippen molar-refractivity contribution < 1.29 is 9.53 Å². The second kappa shape index (κ2) is 8.89. The zero-order valence-electron chi connectivity index (χ0n) is 14.9. The van der Waals surface area contributed by atoms with Gasteiger partial charge in [0.25, 0.3) is 0 Å². The van der Waals surface area contributed by atoms with Gasteiger partial charge in [-0.3, -0.25) is 9.69 Å². The van der Waals surface area contributed by atoms with E-state index in [9.17, 15) is 4.79 Å². The predicted molar refractivity (Wildman–Crippen MR) is 98.8 cm³/mol. The molecule has 7 nitrogen and oxygen atoms in total. The van der Waals surface area contributed by atoms with Crippen LogP contribution >= 0.6 is 0 Å². The number of hydrogen-bond acceptors (Lipinski definition) is 6. The molecule has 7 heteroatoms. The maximum Gasteiger partial charge on any atom is 0.239 e. The van der Waals surface area contributed by atoms with Gasteiger partial charge < -0.3 is 21.1 Å². The average molecular weight is 343 g/mol. The van der Waals surface area contributed by atoms with Gasteiger partial charge in [-0.15, -0.1) is 0 Å². The monoisotopic (exact) mass is 343 g/mol. The number of rotatable bonds is 7. The highest BCUT2D eigenvalue weighted by atomic mass is 16.5. The number of carbonyl (C=O) groups is 1. The van der Waals surface area contributed by atoms with Gasteiger partial charge in [0.15, 0.2) is 0 Å². The van der Waals surface area contributed by atoms with Crippen molar-refractivity contribution in [1.82, 2.24) is 15.2 Å². The molecule has 0 atom stereocenters. The van der Waals surface area contributed by atoms with E-state index in [0.29, 0.717) is 36.0 Å². The van der Waals surface area contributed by atoms with Crippen molar-refractivity contribution in [2.75, 3.05) is 32.5 Å². The van der Waals surface area contributed by atoms with Gasteiger partial charge in [0.2, 0.25) is 5.91 Å². The fourth-order valence-corrected chi connectivity index (χ4v) is 2.23. The van der Waals surface area contributed by atoms with Crippen molar-refractivity contribution >= 4 is 11.7 Å². The summed E-state index contributed by atoms with van der Waals surface area (Å²) in [4.78, 5) is 18.0. The van der Waals surface area contributed by atoms with E-state index >= 15 is 0 Å². The van der Waals surface area contributed by atoms with Crippen LogP contribution in [0.3, 0.4) is 0 Å². The van der Waals surface area contributed by atoms with E-state index in [1.165, 1.54) is 0 Å². The number of carbonyl (C=O) groups excluding carboxylic acids is 1. The molecule has 4 N–H and O–H groups in total. The maximum atomic E-state index is 12.0. The Morgan fingerprint density at radius 2 is 2.28 bits per heavy atom. The first-order chi connectivity index (χ1) is 12.0. The Hall–Kier alpha value is -2.80. The number of aromatic nitrogens is 1. The number of anilines is 1. The Kier molecular flexibility index (Phi) is 6.59. The highest BCUT2D eigenvalue weighted by Gasteiger charge is 2.09. The number of hydrogen-bond donors (Lipinski definition) is 3. The Balaban J connectivity index is 2.06. The molecule has 1 aliphatic rings. The van der Waals surface area contributed by atoms with E-state index in [-0.39, 0.29) is 5.91 Å². The molecule has 0 bridgehead atoms. The number of likely N-dealkylation sites (N-methyl/N-ethyl adjacent to an activating group) is 1. The first kappa shape index (κ1) is 18.5. The van der Waals surface area contributed by atoms with Crippen LogP contribution in [-0.2, 0) is 4.79 Å². The molecule has 2 rings (SSSR count). The summed E-state index contributed by atoms with van der Waals surface area (Å²) in [5, 5.41) is 5.84. The van der Waals surface area contributed by atoms with Crippen LogP contribution < -0.4 is 21.1 Å². The molecule has 0 spiro atoms. The molecule has 0 saturated heterocycles. The third-order valence-electron chi connectivity index (χ3n) is 3.74. The lowest BCUT2D eigenvalue weighted by Gasteiger charge is -2.13. The molecule has 0 aromatic carbocycles. The molecule has 1 aliphatic carbocycles. The summed E-state index contributed by atoms with van der Waals surface area (Å²) in [6.45, 7) is 3.10. The summed E-state index contributed by atoms with van der Waals surface area (Å²) in [5.41, 5.74) is 7.61. The molecular weight excluding hydrogens is 318 g/mol. The molecule has 1 aromatic rings. The zero-order chi connectivity index (χ0) is 18.2. The van der Waals surface area contributed by atoms with E-state index in [4.69, 9.17) is 10.5 Å². The molecule has 0 fully saturated rings. The van der Waals surface area contributed by atoms with E-state index in [1.54, 1.807) is 24.4 Å². The molecule has 25 heavy (non-hydrogen) atoms. The normalized spacial score (nSPS) is 14.2. The average Bonchev–Trinajstić information content (AvgIpc) is 2.75. The van der Waals surface area contributed by atoms with Gasteiger partial charge in [0, 0.05) is 37.5 Å². The summed E-state index contributed by atoms with van der Waals surface area (Å²) < 4.78 is 5.85. The Bertz CT molecular complexity index is 709. The van der Waals surface area contributed by atoms with Crippen LogP contribution in [0.5, 0.6) is 5.75 Å². The minimum absolute atomic E-state index is 0.117. The minimum Gasteiger partial charge on any atom is -0.457 e. The van der Waals surface area contributed by atoms with Crippen LogP contribution in [-0.4, -0.2) is 43.0 Å². The molecular formula is C18H25N5O2. The van der Waals surface area contributed by atoms with Crippen LogP contribution in [0.4, 0.5) is 5.82 Å². The molecule has 1 aromatic heterocycles. The zero-order valence-corrected chi connectivity index (χ0v) is 14.9. The van der Waals surface area contributed by atoms with Crippen LogP contribution in [0.1, 0.15) is 13.3 Å². The SMILES string of the molecule is CCN(C)CC(=O)Nc1cc(OC2=CC(N)=C(NC)CC=C2)ccn1. The lowest BCUT2D eigenvalue weighted by atomic mass is 10.2. The van der Waals surface area contributed by atoms with Crippen molar-refractivity contribution in [3.05, 3.63) is 53.7 Å². The summed E-state index contributed by atoms with van der Waals surface area (Å²) in [7, 11) is 3.72. The number of allylic oxidation sites excluding steroid dienone is 3. The number of nitrogens with zero attached hydrogens (tertiary/aromatic N) is 2. The minimum atomic E-state index is -0.117. The smallest absolute Gasteiger partial charge is 0.239 e. The predicted octanol–water partition coefficient (Wildman–Crippen LogP) is 1.58. The maximum absolute atomic E-state index is 12.0. The van der Waals surface area contributed by atoms with Crippen molar-refractivity contribution in [3.63, 3.8) is 0 Å². The Labute approximate surface area is 148 Å². The highest BCUT2D eigenvalue weighted by molar-refractivity contribution is 5.91. The third kappa shape index (κ3) is 5.65. The first-order valence-electron chi connectivity index (χ1n) is 8.18. The third-order valence-corrected chi connectivity index (χ3v) is 3.74. The summed E-state index contributed by atoms with van der Waals surface area (Å²) in [6, 6.07) is 3.41. The van der Waals surface area contributed by atoms with Crippen molar-refractivity contribution in [1.29, 1.82) is 0 Å². The largest absolute Gasteiger partial charge is 0.457 e. The van der Waals surface area contributed by atoms with Crippen molar-refractivity contribution in [2.24, 2.45) is 5.73 Å². The quantitative estimate of drug-likeness (QED) is 0.696. The van der Waals surface area contributed by atoms with Crippen molar-refractivity contribution in [2.45, 2.75) is 13.3 Å². The summed E-state index contributed by atoms with van der Waals surface area (Å²) in [6.07, 6.45) is 7.92. The molecule has 1 heterocycles. The van der Waals surface area contributed by atoms with Gasteiger partial charge in [-0.2, -0.15) is 0 Å². The topological polar surface area (TPSA) is 92.5 Å². The lowest BCUT2D eigenvalue weighted by molar-refractivity contribution is -0.117. The molecule has 0 radical (unpaired) electrons. The van der Waals surface area contributed by atoms with Crippen LogP contribution in [0.15, 0.2) is 53.7 Å². The van der Waals surface area contributed by atoms with Crippen LogP contribution in [0, 0.1) is 0 Å². The lowest BCUT2D eigenvalue weighted by Crippen LogP contribution is -2.30. The number of nitrogens with one attached hydrogen (secondary N) is 2. The Morgan fingerprint density at radius 3 is 3.00 bits per heavy atom. The van der Waals surface area contributed by atoms with Gasteiger partial charge >= 0.3 is 0 Å². The standard InChI is InChI=1S/C18H25N5O2/c1-4-23(3)12-18(24)22-17-11-14(8-9-21-17)25-13-6-5-7-16(20-2)15(19)10-13/h5-6,8-11,20H,4,7,12,19H2,1-3H3,(H,21,22,24). The molecule has 1 amide bonds. The molecule has 0 aliphatic heterocycles. The molecule has 134 valence electrons. The van der Waals surface area contributed by atoms with E-state index in [0.717, 1.165) is 12.2 Å². The van der Waals surface area contributed by atoms with Gasteiger partial charge in [0.05, 0.1) is 12.2 Å². The van der Waals surface area contributed by atoms with Crippen molar-refractivity contribution in [3.8, 4) is 5.75 Å². The summed E-state index contributed by atoms with van der Waals surface area (Å²) in [5.74, 6) is 1.53. The van der Waals surface area contributed by atoms with Gasteiger partial charge in [-0.05, 0) is 25.7 Å². The fraction of sp³-hybridized carbons (Fsp3) is 0.333. The van der Waals surface area contributed by atoms with E-state index in [1.807, 2.05) is 38.1 Å². The number of amides is 1. The van der Waals surface area contributed by atoms with Crippen LogP contribution in [0.25, 0.3) is 0 Å². The number of pyridine rings is 1. The second-order valence-corrected chi connectivity index (χ2v) is 5.69. The van der Waals surface area contributed by atoms with E-state index in [2.05, 4.69) is 15.6 Å². The number of nitrogens with two attached hydrogens (primary N) is 1. The van der Waals surface area contributed by atoms with E-state index < -0.39 is 0 Å². The summed E-state index contributed by atoms with van der Waals surface area (Å²) >= 11 is 0. The van der Waals surface area contributed by atoms with Crippen LogP contribution in [0.2, 0.25) is 0 Å². The fourth-order valence-electron chi connectivity index (χ4n) is 2.23.